The van der Waals surface area contributed by atoms with Crippen molar-refractivity contribution in [1.29, 1.82) is 0 Å². The van der Waals surface area contributed by atoms with Crippen molar-refractivity contribution in [3.63, 3.8) is 0 Å². The maximum Gasteiger partial charge on any atom is 0.416 e. The van der Waals surface area contributed by atoms with E-state index in [9.17, 15) is 19.2 Å². The van der Waals surface area contributed by atoms with Crippen molar-refractivity contribution >= 4 is 52.3 Å². The van der Waals surface area contributed by atoms with Gasteiger partial charge in [-0.05, 0) is 33.6 Å². The number of hydrogen-bond donors (Lipinski definition) is 0. The number of anilines is 1. The maximum atomic E-state index is 13.5. The van der Waals surface area contributed by atoms with Gasteiger partial charge in [-0.2, -0.15) is 5.10 Å². The molecule has 4 rings (SSSR count). The van der Waals surface area contributed by atoms with Crippen molar-refractivity contribution < 1.29 is 42.9 Å². The van der Waals surface area contributed by atoms with Crippen molar-refractivity contribution in [1.82, 2.24) is 14.8 Å². The molecular formula is C27H35ClN4O9. The van der Waals surface area contributed by atoms with Crippen molar-refractivity contribution in [3.05, 3.63) is 17.4 Å². The highest BCUT2D eigenvalue weighted by atomic mass is 35.5. The minimum atomic E-state index is -1.15. The molecule has 2 aliphatic rings. The molecule has 2 fully saturated rings. The number of esters is 3. The lowest BCUT2D eigenvalue weighted by atomic mass is 10.1. The number of carbonyl (C=O) groups excluding carboxylic acids is 4. The summed E-state index contributed by atoms with van der Waals surface area (Å²) in [5.74, 6) is -1.59. The fraction of sp³-hybridized carbons (Fsp3) is 0.630. The zero-order chi connectivity index (χ0) is 30.1. The highest BCUT2D eigenvalue weighted by molar-refractivity contribution is 6.30. The second-order valence-electron chi connectivity index (χ2n) is 11.1. The van der Waals surface area contributed by atoms with Gasteiger partial charge in [0, 0.05) is 32.9 Å². The molecule has 224 valence electrons. The molecule has 4 atom stereocenters. The third-order valence-corrected chi connectivity index (χ3v) is 6.83. The van der Waals surface area contributed by atoms with Crippen LogP contribution in [0.25, 0.3) is 10.9 Å². The predicted molar refractivity (Wildman–Crippen MR) is 145 cm³/mol. The molecule has 0 N–H and O–H groups in total. The Morgan fingerprint density at radius 3 is 2.27 bits per heavy atom. The molecule has 0 spiro atoms. The lowest BCUT2D eigenvalue weighted by molar-refractivity contribution is -0.166. The molecule has 0 bridgehead atoms. The molecule has 41 heavy (non-hydrogen) atoms. The van der Waals surface area contributed by atoms with E-state index in [1.165, 1.54) is 36.5 Å². The van der Waals surface area contributed by atoms with Crippen molar-refractivity contribution in [2.24, 2.45) is 0 Å². The third kappa shape index (κ3) is 7.07. The SMILES string of the molecule is CC(=O)OC[C@H]1O[C@@H](n2ncc3c(N(C(=O)OC(C)(C)C)C4CCCC4)nc(Cl)cc32)[C@H](OC(C)=O)[C@@H]1OC(C)=O. The smallest absolute Gasteiger partial charge is 0.416 e. The van der Waals surface area contributed by atoms with Crippen LogP contribution in [0.15, 0.2) is 12.3 Å². The molecule has 2 aromatic heterocycles. The van der Waals surface area contributed by atoms with Gasteiger partial charge in [-0.15, -0.1) is 0 Å². The van der Waals surface area contributed by atoms with Crippen LogP contribution in [-0.2, 0) is 38.1 Å². The van der Waals surface area contributed by atoms with Gasteiger partial charge in [-0.3, -0.25) is 19.3 Å². The Hall–Kier alpha value is -3.45. The first-order valence-corrected chi connectivity index (χ1v) is 13.8. The van der Waals surface area contributed by atoms with Gasteiger partial charge >= 0.3 is 24.0 Å². The fourth-order valence-corrected chi connectivity index (χ4v) is 5.34. The van der Waals surface area contributed by atoms with E-state index in [0.29, 0.717) is 10.9 Å². The number of hydrogen-bond acceptors (Lipinski definition) is 11. The number of amides is 1. The lowest BCUT2D eigenvalue weighted by Crippen LogP contribution is -2.43. The van der Waals surface area contributed by atoms with E-state index in [-0.39, 0.29) is 23.6 Å². The van der Waals surface area contributed by atoms with Crippen LogP contribution in [0.1, 0.15) is 73.5 Å². The summed E-state index contributed by atoms with van der Waals surface area (Å²) in [6.45, 7) is 8.74. The van der Waals surface area contributed by atoms with E-state index < -0.39 is 54.1 Å². The molecule has 0 aromatic carbocycles. The maximum absolute atomic E-state index is 13.5. The zero-order valence-corrected chi connectivity index (χ0v) is 24.7. The van der Waals surface area contributed by atoms with Gasteiger partial charge in [-0.1, -0.05) is 24.4 Å². The Bertz CT molecular complexity index is 1320. The minimum absolute atomic E-state index is 0.0795. The fourth-order valence-electron chi connectivity index (χ4n) is 5.15. The summed E-state index contributed by atoms with van der Waals surface area (Å²) < 4.78 is 29.4. The summed E-state index contributed by atoms with van der Waals surface area (Å²) in [6, 6.07) is 1.39. The zero-order valence-electron chi connectivity index (χ0n) is 23.9. The van der Waals surface area contributed by atoms with Crippen LogP contribution in [0.4, 0.5) is 10.6 Å². The topological polar surface area (TPSA) is 148 Å². The summed E-state index contributed by atoms with van der Waals surface area (Å²) in [5.41, 5.74) is -0.323. The molecule has 3 heterocycles. The Balaban J connectivity index is 1.81. The van der Waals surface area contributed by atoms with Crippen molar-refractivity contribution in [2.45, 2.75) is 103 Å². The standard InChI is InChI=1S/C27H35ClN4O9/c1-14(33)37-13-20-22(38-15(2)34)23(39-16(3)35)25(40-20)32-19-11-21(28)30-24(18(19)12-29-32)31(17-9-7-8-10-17)26(36)41-27(4,5)6/h11-12,17,20,22-23,25H,7-10,13H2,1-6H3/t20-,22-,23-,25-/m1/s1. The third-order valence-electron chi connectivity index (χ3n) is 6.63. The van der Waals surface area contributed by atoms with Crippen LogP contribution in [0.5, 0.6) is 0 Å². The highest BCUT2D eigenvalue weighted by Crippen LogP contribution is 2.39. The number of aromatic nitrogens is 3. The predicted octanol–water partition coefficient (Wildman–Crippen LogP) is 4.09. The second kappa shape index (κ2) is 12.2. The minimum Gasteiger partial charge on any atom is -0.463 e. The second-order valence-corrected chi connectivity index (χ2v) is 11.5. The normalized spacial score (nSPS) is 22.9. The molecule has 2 aromatic rings. The largest absolute Gasteiger partial charge is 0.463 e. The first-order chi connectivity index (χ1) is 19.2. The number of pyridine rings is 1. The van der Waals surface area contributed by atoms with Gasteiger partial charge in [-0.25, -0.2) is 14.5 Å². The van der Waals surface area contributed by atoms with E-state index in [2.05, 4.69) is 10.1 Å². The van der Waals surface area contributed by atoms with Crippen molar-refractivity contribution in [2.75, 3.05) is 11.5 Å². The van der Waals surface area contributed by atoms with E-state index >= 15 is 0 Å². The van der Waals surface area contributed by atoms with Crippen LogP contribution in [0.3, 0.4) is 0 Å². The molecule has 1 saturated carbocycles. The average molecular weight is 595 g/mol. The van der Waals surface area contributed by atoms with Crippen LogP contribution in [0, 0.1) is 0 Å². The monoisotopic (exact) mass is 594 g/mol. The van der Waals surface area contributed by atoms with E-state index in [1.54, 1.807) is 26.8 Å². The molecule has 0 radical (unpaired) electrons. The molecule has 1 aliphatic carbocycles. The summed E-state index contributed by atoms with van der Waals surface area (Å²) in [4.78, 5) is 55.1. The first kappa shape index (κ1) is 30.5. The number of fused-ring (bicyclic) bond motifs is 1. The summed E-state index contributed by atoms with van der Waals surface area (Å²) in [5, 5.41) is 5.05. The van der Waals surface area contributed by atoms with Gasteiger partial charge in [0.2, 0.25) is 0 Å². The molecular weight excluding hydrogens is 560 g/mol. The number of rotatable bonds is 7. The molecule has 13 nitrogen and oxygen atoms in total. The van der Waals surface area contributed by atoms with E-state index in [0.717, 1.165) is 25.7 Å². The number of ether oxygens (including phenoxy) is 5. The van der Waals surface area contributed by atoms with Crippen LogP contribution < -0.4 is 4.90 Å². The Morgan fingerprint density at radius 1 is 1.05 bits per heavy atom. The highest BCUT2D eigenvalue weighted by Gasteiger charge is 2.51. The molecule has 1 amide bonds. The Kier molecular flexibility index (Phi) is 9.07. The average Bonchev–Trinajstić information content (AvgIpc) is 3.57. The number of halogens is 1. The molecule has 1 saturated heterocycles. The summed E-state index contributed by atoms with van der Waals surface area (Å²) in [7, 11) is 0. The molecule has 14 heteroatoms. The Labute approximate surface area is 242 Å². The van der Waals surface area contributed by atoms with Gasteiger partial charge in [0.15, 0.2) is 24.3 Å². The molecule has 1 aliphatic heterocycles. The Morgan fingerprint density at radius 2 is 1.68 bits per heavy atom. The quantitative estimate of drug-likeness (QED) is 0.259. The van der Waals surface area contributed by atoms with Gasteiger partial charge < -0.3 is 23.7 Å². The van der Waals surface area contributed by atoms with Crippen LogP contribution in [-0.4, -0.2) is 75.3 Å². The lowest BCUT2D eigenvalue weighted by Gasteiger charge is -2.31. The first-order valence-electron chi connectivity index (χ1n) is 13.4. The van der Waals surface area contributed by atoms with Crippen LogP contribution >= 0.6 is 11.6 Å². The summed E-state index contributed by atoms with van der Waals surface area (Å²) in [6.07, 6.45) is 0.0762. The van der Waals surface area contributed by atoms with Gasteiger partial charge in [0.05, 0.1) is 17.1 Å². The van der Waals surface area contributed by atoms with Gasteiger partial charge in [0.1, 0.15) is 23.5 Å². The van der Waals surface area contributed by atoms with E-state index in [4.69, 9.17) is 35.3 Å². The molecule has 0 unspecified atom stereocenters. The van der Waals surface area contributed by atoms with E-state index in [1.807, 2.05) is 0 Å². The number of nitrogens with zero attached hydrogens (tertiary/aromatic N) is 4. The summed E-state index contributed by atoms with van der Waals surface area (Å²) >= 11 is 6.50. The van der Waals surface area contributed by atoms with Crippen molar-refractivity contribution in [3.8, 4) is 0 Å². The van der Waals surface area contributed by atoms with Crippen LogP contribution in [0.2, 0.25) is 5.15 Å². The van der Waals surface area contributed by atoms with Gasteiger partial charge in [0.25, 0.3) is 0 Å². The number of carbonyl (C=O) groups is 4.